The number of hydrogen-bond acceptors (Lipinski definition) is 4. The maximum atomic E-state index is 13.0. The van der Waals surface area contributed by atoms with Crippen molar-refractivity contribution in [3.63, 3.8) is 0 Å². The number of ether oxygens (including phenoxy) is 2. The maximum absolute atomic E-state index is 13.0. The second-order valence-electron chi connectivity index (χ2n) is 17.0. The SMILES string of the molecule is CC(C)CCCCCCCCCCCCCCCOC(=O)C1CCC(C)CC1C(=O)OCCCCCCCCCCCCCCCC(C)C. The quantitative estimate of drug-likeness (QED) is 0.0498. The minimum absolute atomic E-state index is 0.171. The van der Waals surface area contributed by atoms with Crippen molar-refractivity contribution in [2.75, 3.05) is 13.2 Å². The Bertz CT molecular complexity index is 746. The largest absolute Gasteiger partial charge is 0.465 e. The summed E-state index contributed by atoms with van der Waals surface area (Å²) in [6.45, 7) is 12.5. The second kappa shape index (κ2) is 32.8. The standard InChI is InChI=1S/C45H86O4/c1-39(2)32-28-24-20-16-12-8-6-10-14-18-22-26-30-36-48-44(46)42-35-34-41(5)38-43(42)45(47)49-37-31-27-23-19-15-11-7-9-13-17-21-25-29-33-40(3)4/h39-43H,6-38H2,1-5H3. The van der Waals surface area contributed by atoms with Gasteiger partial charge in [-0.05, 0) is 49.9 Å². The lowest BCUT2D eigenvalue weighted by atomic mass is 9.74. The first-order chi connectivity index (χ1) is 23.8. The number of esters is 2. The van der Waals surface area contributed by atoms with Crippen molar-refractivity contribution < 1.29 is 19.1 Å². The molecule has 0 bridgehead atoms. The van der Waals surface area contributed by atoms with E-state index in [1.54, 1.807) is 0 Å². The Kier molecular flexibility index (Phi) is 30.8. The van der Waals surface area contributed by atoms with Crippen LogP contribution >= 0.6 is 0 Å². The third kappa shape index (κ3) is 28.2. The summed E-state index contributed by atoms with van der Waals surface area (Å²) >= 11 is 0. The first-order valence-corrected chi connectivity index (χ1v) is 22.1. The van der Waals surface area contributed by atoms with E-state index in [1.807, 2.05) is 0 Å². The zero-order valence-electron chi connectivity index (χ0n) is 33.9. The summed E-state index contributed by atoms with van der Waals surface area (Å²) in [5.41, 5.74) is 0. The van der Waals surface area contributed by atoms with Crippen molar-refractivity contribution in [3.8, 4) is 0 Å². The van der Waals surface area contributed by atoms with Gasteiger partial charge < -0.3 is 9.47 Å². The van der Waals surface area contributed by atoms with Crippen molar-refractivity contribution in [1.29, 1.82) is 0 Å². The normalized spacial score (nSPS) is 18.0. The highest BCUT2D eigenvalue weighted by Gasteiger charge is 2.40. The Morgan fingerprint density at radius 1 is 0.429 bits per heavy atom. The Hall–Kier alpha value is -1.06. The van der Waals surface area contributed by atoms with Gasteiger partial charge in [0.05, 0.1) is 25.0 Å². The molecule has 4 nitrogen and oxygen atoms in total. The smallest absolute Gasteiger partial charge is 0.309 e. The van der Waals surface area contributed by atoms with Crippen LogP contribution in [-0.2, 0) is 19.1 Å². The number of hydrogen-bond donors (Lipinski definition) is 0. The fourth-order valence-electron chi connectivity index (χ4n) is 7.68. The Labute approximate surface area is 306 Å². The van der Waals surface area contributed by atoms with Crippen molar-refractivity contribution in [2.24, 2.45) is 29.6 Å². The molecule has 49 heavy (non-hydrogen) atoms. The molecule has 0 aliphatic heterocycles. The van der Waals surface area contributed by atoms with Gasteiger partial charge in [-0.15, -0.1) is 0 Å². The Morgan fingerprint density at radius 3 is 1.04 bits per heavy atom. The summed E-state index contributed by atoms with van der Waals surface area (Å²) < 4.78 is 11.4. The molecule has 0 aromatic carbocycles. The number of unbranched alkanes of at least 4 members (excludes halogenated alkanes) is 24. The molecule has 0 aromatic heterocycles. The van der Waals surface area contributed by atoms with E-state index in [-0.39, 0.29) is 23.8 Å². The van der Waals surface area contributed by atoms with E-state index < -0.39 is 0 Å². The van der Waals surface area contributed by atoms with Crippen LogP contribution in [0.4, 0.5) is 0 Å². The van der Waals surface area contributed by atoms with Crippen LogP contribution in [0.15, 0.2) is 0 Å². The van der Waals surface area contributed by atoms with Crippen LogP contribution in [0.2, 0.25) is 0 Å². The average molecular weight is 691 g/mol. The number of carbonyl (C=O) groups excluding carboxylic acids is 2. The lowest BCUT2D eigenvalue weighted by Crippen LogP contribution is -2.37. The molecule has 1 saturated carbocycles. The molecule has 4 heteroatoms. The predicted octanol–water partition coefficient (Wildman–Crippen LogP) is 14.4. The van der Waals surface area contributed by atoms with Gasteiger partial charge in [-0.1, -0.05) is 202 Å². The average Bonchev–Trinajstić information content (AvgIpc) is 3.07. The van der Waals surface area contributed by atoms with Gasteiger partial charge in [0.1, 0.15) is 0 Å². The topological polar surface area (TPSA) is 52.6 Å². The van der Waals surface area contributed by atoms with E-state index >= 15 is 0 Å². The fraction of sp³-hybridized carbons (Fsp3) is 0.956. The molecule has 1 fully saturated rings. The van der Waals surface area contributed by atoms with Crippen LogP contribution in [0.3, 0.4) is 0 Å². The third-order valence-corrected chi connectivity index (χ3v) is 11.1. The molecule has 0 heterocycles. The van der Waals surface area contributed by atoms with Crippen LogP contribution < -0.4 is 0 Å². The number of carbonyl (C=O) groups is 2. The highest BCUT2D eigenvalue weighted by atomic mass is 16.5. The number of rotatable bonds is 34. The van der Waals surface area contributed by atoms with Crippen LogP contribution in [0.1, 0.15) is 234 Å². The van der Waals surface area contributed by atoms with Gasteiger partial charge in [-0.3, -0.25) is 9.59 Å². The van der Waals surface area contributed by atoms with Crippen LogP contribution in [-0.4, -0.2) is 25.2 Å². The van der Waals surface area contributed by atoms with Gasteiger partial charge >= 0.3 is 11.9 Å². The molecular formula is C45H86O4. The molecule has 0 N–H and O–H groups in total. The summed E-state index contributed by atoms with van der Waals surface area (Å²) in [5.74, 6) is 1.17. The zero-order chi connectivity index (χ0) is 35.8. The Balaban J connectivity index is 2.01. The van der Waals surface area contributed by atoms with E-state index in [0.717, 1.165) is 56.8 Å². The van der Waals surface area contributed by atoms with Crippen molar-refractivity contribution in [2.45, 2.75) is 234 Å². The van der Waals surface area contributed by atoms with E-state index in [0.29, 0.717) is 19.1 Å². The molecule has 1 aliphatic rings. The first-order valence-electron chi connectivity index (χ1n) is 22.1. The predicted molar refractivity (Wildman–Crippen MR) is 211 cm³/mol. The van der Waals surface area contributed by atoms with Gasteiger partial charge in [-0.2, -0.15) is 0 Å². The molecule has 1 rings (SSSR count). The molecule has 0 aromatic rings. The zero-order valence-corrected chi connectivity index (χ0v) is 33.9. The summed E-state index contributed by atoms with van der Waals surface area (Å²) in [4.78, 5) is 26.0. The maximum Gasteiger partial charge on any atom is 0.309 e. The van der Waals surface area contributed by atoms with Crippen LogP contribution in [0, 0.1) is 29.6 Å². The molecule has 0 saturated heterocycles. The van der Waals surface area contributed by atoms with E-state index in [1.165, 1.54) is 154 Å². The van der Waals surface area contributed by atoms with E-state index in [2.05, 4.69) is 34.6 Å². The van der Waals surface area contributed by atoms with Gasteiger partial charge in [0.2, 0.25) is 0 Å². The molecule has 0 radical (unpaired) electrons. The summed E-state index contributed by atoms with van der Waals surface area (Å²) in [7, 11) is 0. The molecule has 0 amide bonds. The summed E-state index contributed by atoms with van der Waals surface area (Å²) in [5, 5.41) is 0. The summed E-state index contributed by atoms with van der Waals surface area (Å²) in [6, 6.07) is 0. The van der Waals surface area contributed by atoms with Crippen molar-refractivity contribution in [3.05, 3.63) is 0 Å². The fourth-order valence-corrected chi connectivity index (χ4v) is 7.68. The molecule has 1 aliphatic carbocycles. The third-order valence-electron chi connectivity index (χ3n) is 11.1. The molecular weight excluding hydrogens is 604 g/mol. The highest BCUT2D eigenvalue weighted by Crippen LogP contribution is 2.35. The molecule has 0 spiro atoms. The Morgan fingerprint density at radius 2 is 0.714 bits per heavy atom. The minimum atomic E-state index is -0.332. The van der Waals surface area contributed by atoms with Crippen LogP contribution in [0.25, 0.3) is 0 Å². The van der Waals surface area contributed by atoms with E-state index in [4.69, 9.17) is 9.47 Å². The van der Waals surface area contributed by atoms with Gasteiger partial charge in [0, 0.05) is 0 Å². The van der Waals surface area contributed by atoms with Crippen molar-refractivity contribution in [1.82, 2.24) is 0 Å². The van der Waals surface area contributed by atoms with Crippen molar-refractivity contribution >= 4 is 11.9 Å². The highest BCUT2D eigenvalue weighted by molar-refractivity contribution is 5.82. The lowest BCUT2D eigenvalue weighted by molar-refractivity contribution is -0.163. The van der Waals surface area contributed by atoms with E-state index in [9.17, 15) is 9.59 Å². The molecule has 3 unspecified atom stereocenters. The monoisotopic (exact) mass is 691 g/mol. The van der Waals surface area contributed by atoms with Gasteiger partial charge in [0.15, 0.2) is 0 Å². The van der Waals surface area contributed by atoms with Gasteiger partial charge in [0.25, 0.3) is 0 Å². The first kappa shape index (κ1) is 46.0. The minimum Gasteiger partial charge on any atom is -0.465 e. The molecule has 290 valence electrons. The lowest BCUT2D eigenvalue weighted by Gasteiger charge is -2.31. The van der Waals surface area contributed by atoms with Gasteiger partial charge in [-0.25, -0.2) is 0 Å². The molecule has 3 atom stereocenters. The summed E-state index contributed by atoms with van der Waals surface area (Å²) in [6.07, 6.45) is 39.4. The van der Waals surface area contributed by atoms with Crippen LogP contribution in [0.5, 0.6) is 0 Å². The second-order valence-corrected chi connectivity index (χ2v) is 17.0.